The third-order valence-electron chi connectivity index (χ3n) is 4.13. The molecule has 0 aliphatic rings. The Morgan fingerprint density at radius 1 is 1.18 bits per heavy atom. The van der Waals surface area contributed by atoms with Gasteiger partial charge in [0.25, 0.3) is 0 Å². The zero-order valence-corrected chi connectivity index (χ0v) is 17.7. The van der Waals surface area contributed by atoms with E-state index in [1.165, 1.54) is 10.4 Å². The molecule has 0 spiro atoms. The van der Waals surface area contributed by atoms with E-state index in [-0.39, 0.29) is 18.6 Å². The maximum absolute atomic E-state index is 11.8. The second-order valence-electron chi connectivity index (χ2n) is 6.59. The molecule has 1 aromatic carbocycles. The van der Waals surface area contributed by atoms with Gasteiger partial charge in [0.1, 0.15) is 6.54 Å². The zero-order valence-electron chi connectivity index (χ0n) is 16.9. The standard InChI is InChI=1S/C21H30N4O2S/c1-17(18-9-5-4-6-10-18)27-13-8-12-22-21(24-16-20(26)25(2)3)23-15-19-11-7-14-28-19/h4-7,9-11,14,17H,8,12-13,15-16H2,1-3H3,(H2,22,23,24). The quantitative estimate of drug-likeness (QED) is 0.364. The third-order valence-corrected chi connectivity index (χ3v) is 5.01. The van der Waals surface area contributed by atoms with Gasteiger partial charge >= 0.3 is 0 Å². The molecule has 1 atom stereocenters. The van der Waals surface area contributed by atoms with Crippen LogP contribution in [0, 0.1) is 0 Å². The van der Waals surface area contributed by atoms with Gasteiger partial charge in [-0.15, -0.1) is 11.3 Å². The highest BCUT2D eigenvalue weighted by molar-refractivity contribution is 7.09. The number of aliphatic imine (C=N–C) groups is 1. The lowest BCUT2D eigenvalue weighted by Gasteiger charge is -2.15. The fraction of sp³-hybridized carbons (Fsp3) is 0.429. The Morgan fingerprint density at radius 3 is 2.64 bits per heavy atom. The number of hydrogen-bond acceptors (Lipinski definition) is 4. The number of thiophene rings is 1. The van der Waals surface area contributed by atoms with E-state index in [9.17, 15) is 4.79 Å². The summed E-state index contributed by atoms with van der Waals surface area (Å²) in [6.45, 7) is 4.23. The number of rotatable bonds is 10. The lowest BCUT2D eigenvalue weighted by atomic mass is 10.1. The largest absolute Gasteiger partial charge is 0.374 e. The van der Waals surface area contributed by atoms with Gasteiger partial charge in [-0.1, -0.05) is 36.4 Å². The maximum atomic E-state index is 11.8. The molecule has 28 heavy (non-hydrogen) atoms. The van der Waals surface area contributed by atoms with Crippen molar-refractivity contribution in [3.63, 3.8) is 0 Å². The van der Waals surface area contributed by atoms with Crippen LogP contribution in [0.5, 0.6) is 0 Å². The highest BCUT2D eigenvalue weighted by Crippen LogP contribution is 2.15. The molecule has 2 rings (SSSR count). The average Bonchev–Trinajstić information content (AvgIpc) is 3.23. The van der Waals surface area contributed by atoms with Crippen LogP contribution in [0.25, 0.3) is 0 Å². The van der Waals surface area contributed by atoms with Gasteiger partial charge in [0.2, 0.25) is 5.91 Å². The highest BCUT2D eigenvalue weighted by atomic mass is 32.1. The molecule has 152 valence electrons. The molecule has 6 nitrogen and oxygen atoms in total. The number of carbonyl (C=O) groups excluding carboxylic acids is 1. The van der Waals surface area contributed by atoms with Gasteiger partial charge in [0.15, 0.2) is 5.96 Å². The molecule has 0 aliphatic heterocycles. The monoisotopic (exact) mass is 402 g/mol. The van der Waals surface area contributed by atoms with Gasteiger partial charge in [-0.2, -0.15) is 0 Å². The van der Waals surface area contributed by atoms with Gasteiger partial charge in [-0.25, -0.2) is 4.99 Å². The Morgan fingerprint density at radius 2 is 1.96 bits per heavy atom. The summed E-state index contributed by atoms with van der Waals surface area (Å²) in [5.41, 5.74) is 1.18. The molecule has 0 radical (unpaired) electrons. The molecular formula is C21H30N4O2S. The van der Waals surface area contributed by atoms with E-state index >= 15 is 0 Å². The Labute approximate surface area is 171 Å². The molecule has 1 heterocycles. The molecule has 0 aliphatic carbocycles. The lowest BCUT2D eigenvalue weighted by molar-refractivity contribution is -0.127. The van der Waals surface area contributed by atoms with E-state index in [2.05, 4.69) is 40.7 Å². The summed E-state index contributed by atoms with van der Waals surface area (Å²) in [6, 6.07) is 14.3. The third kappa shape index (κ3) is 8.10. The van der Waals surface area contributed by atoms with Gasteiger partial charge in [-0.3, -0.25) is 4.79 Å². The topological polar surface area (TPSA) is 66.0 Å². The summed E-state index contributed by atoms with van der Waals surface area (Å²) in [5, 5.41) is 8.61. The first kappa shape index (κ1) is 21.9. The Hall–Kier alpha value is -2.38. The fourth-order valence-corrected chi connectivity index (χ4v) is 3.05. The van der Waals surface area contributed by atoms with E-state index in [0.29, 0.717) is 25.7 Å². The summed E-state index contributed by atoms with van der Waals surface area (Å²) >= 11 is 1.69. The minimum atomic E-state index is -0.0303. The highest BCUT2D eigenvalue weighted by Gasteiger charge is 2.06. The minimum absolute atomic E-state index is 0.0303. The molecular weight excluding hydrogens is 372 g/mol. The minimum Gasteiger partial charge on any atom is -0.374 e. The van der Waals surface area contributed by atoms with Crippen LogP contribution >= 0.6 is 11.3 Å². The van der Waals surface area contributed by atoms with E-state index in [1.54, 1.807) is 30.3 Å². The molecule has 0 saturated heterocycles. The number of amides is 1. The predicted octanol–water partition coefficient (Wildman–Crippen LogP) is 3.04. The van der Waals surface area contributed by atoms with Crippen molar-refractivity contribution in [2.45, 2.75) is 26.0 Å². The second kappa shape index (κ2) is 12.2. The number of hydrogen-bond donors (Lipinski definition) is 2. The van der Waals surface area contributed by atoms with Crippen LogP contribution in [0.3, 0.4) is 0 Å². The Kier molecular flexibility index (Phi) is 9.51. The van der Waals surface area contributed by atoms with Gasteiger partial charge in [0.05, 0.1) is 12.6 Å². The molecule has 0 saturated carbocycles. The van der Waals surface area contributed by atoms with Gasteiger partial charge in [-0.05, 0) is 30.4 Å². The molecule has 1 amide bonds. The number of benzene rings is 1. The van der Waals surface area contributed by atoms with Gasteiger partial charge in [0, 0.05) is 32.1 Å². The predicted molar refractivity (Wildman–Crippen MR) is 116 cm³/mol. The molecule has 2 N–H and O–H groups in total. The van der Waals surface area contributed by atoms with E-state index < -0.39 is 0 Å². The molecule has 7 heteroatoms. The Balaban J connectivity index is 1.75. The van der Waals surface area contributed by atoms with Gasteiger partial charge < -0.3 is 20.3 Å². The summed E-state index contributed by atoms with van der Waals surface area (Å²) in [5.74, 6) is 0.608. The summed E-state index contributed by atoms with van der Waals surface area (Å²) in [4.78, 5) is 19.0. The first-order valence-corrected chi connectivity index (χ1v) is 10.4. The van der Waals surface area contributed by atoms with Crippen LogP contribution in [0.1, 0.15) is 29.9 Å². The number of nitrogens with zero attached hydrogens (tertiary/aromatic N) is 2. The number of guanidine groups is 1. The smallest absolute Gasteiger partial charge is 0.243 e. The van der Waals surface area contributed by atoms with Crippen LogP contribution < -0.4 is 10.6 Å². The second-order valence-corrected chi connectivity index (χ2v) is 7.62. The Bertz CT molecular complexity index is 717. The van der Waals surface area contributed by atoms with Crippen molar-refractivity contribution in [1.29, 1.82) is 0 Å². The molecule has 1 aromatic heterocycles. The summed E-state index contributed by atoms with van der Waals surface area (Å²) in [6.07, 6.45) is 0.919. The number of ether oxygens (including phenoxy) is 1. The first-order valence-electron chi connectivity index (χ1n) is 9.47. The fourth-order valence-electron chi connectivity index (χ4n) is 2.41. The van der Waals surface area contributed by atoms with Crippen molar-refractivity contribution in [3.05, 3.63) is 58.3 Å². The van der Waals surface area contributed by atoms with E-state index in [1.807, 2.05) is 29.6 Å². The number of nitrogens with one attached hydrogen (secondary N) is 2. The number of carbonyl (C=O) groups is 1. The van der Waals surface area contributed by atoms with Crippen LogP contribution in [-0.4, -0.2) is 50.6 Å². The molecule has 0 bridgehead atoms. The molecule has 0 fully saturated rings. The number of likely N-dealkylation sites (N-methyl/N-ethyl adjacent to an activating group) is 1. The SMILES string of the molecule is CC(OCCCNC(=NCC(=O)N(C)C)NCc1cccs1)c1ccccc1. The summed E-state index contributed by atoms with van der Waals surface area (Å²) < 4.78 is 5.90. The van der Waals surface area contributed by atoms with Crippen molar-refractivity contribution < 1.29 is 9.53 Å². The van der Waals surface area contributed by atoms with Crippen molar-refractivity contribution in [2.75, 3.05) is 33.8 Å². The van der Waals surface area contributed by atoms with Crippen molar-refractivity contribution in [3.8, 4) is 0 Å². The van der Waals surface area contributed by atoms with Crippen molar-refractivity contribution in [2.24, 2.45) is 4.99 Å². The zero-order chi connectivity index (χ0) is 20.2. The first-order chi connectivity index (χ1) is 13.6. The van der Waals surface area contributed by atoms with Crippen molar-refractivity contribution >= 4 is 23.2 Å². The van der Waals surface area contributed by atoms with Crippen LogP contribution in [0.4, 0.5) is 0 Å². The lowest BCUT2D eigenvalue weighted by Crippen LogP contribution is -2.38. The molecule has 1 unspecified atom stereocenters. The van der Waals surface area contributed by atoms with E-state index in [4.69, 9.17) is 4.74 Å². The average molecular weight is 403 g/mol. The van der Waals surface area contributed by atoms with Crippen LogP contribution in [-0.2, 0) is 16.1 Å². The summed E-state index contributed by atoms with van der Waals surface area (Å²) in [7, 11) is 3.46. The maximum Gasteiger partial charge on any atom is 0.243 e. The van der Waals surface area contributed by atoms with E-state index in [0.717, 1.165) is 6.42 Å². The van der Waals surface area contributed by atoms with Crippen molar-refractivity contribution in [1.82, 2.24) is 15.5 Å². The molecule has 2 aromatic rings. The normalized spacial score (nSPS) is 12.5. The van der Waals surface area contributed by atoms with Crippen LogP contribution in [0.15, 0.2) is 52.8 Å². The van der Waals surface area contributed by atoms with Crippen LogP contribution in [0.2, 0.25) is 0 Å².